The highest BCUT2D eigenvalue weighted by molar-refractivity contribution is 6.04. The van der Waals surface area contributed by atoms with E-state index >= 15 is 0 Å². The van der Waals surface area contributed by atoms with Crippen LogP contribution in [0.25, 0.3) is 0 Å². The van der Waals surface area contributed by atoms with Crippen molar-refractivity contribution in [2.45, 2.75) is 58.3 Å². The van der Waals surface area contributed by atoms with Gasteiger partial charge in [0.2, 0.25) is 5.91 Å². The van der Waals surface area contributed by atoms with E-state index in [0.29, 0.717) is 24.2 Å². The molecule has 3 aromatic carbocycles. The second kappa shape index (κ2) is 13.4. The van der Waals surface area contributed by atoms with E-state index in [1.54, 1.807) is 74.0 Å². The number of hydrogen-bond donors (Lipinski definition) is 3. The monoisotopic (exact) mass is 586 g/mol. The molecule has 3 aromatic rings. The van der Waals surface area contributed by atoms with Crippen LogP contribution < -0.4 is 15.5 Å². The predicted octanol–water partition coefficient (Wildman–Crippen LogP) is 4.83. The molecule has 1 atom stereocenters. The Morgan fingerprint density at radius 2 is 1.67 bits per heavy atom. The minimum atomic E-state index is -1.05. The molecule has 226 valence electrons. The summed E-state index contributed by atoms with van der Waals surface area (Å²) in [6.07, 6.45) is -0.207. The van der Waals surface area contributed by atoms with Gasteiger partial charge in [0, 0.05) is 43.6 Å². The maximum Gasteiger partial charge on any atom is 0.407 e. The van der Waals surface area contributed by atoms with Crippen molar-refractivity contribution in [3.63, 3.8) is 0 Å². The molecule has 10 heteroatoms. The van der Waals surface area contributed by atoms with Gasteiger partial charge in [-0.1, -0.05) is 42.5 Å². The highest BCUT2D eigenvalue weighted by Crippen LogP contribution is 2.31. The Morgan fingerprint density at radius 1 is 0.977 bits per heavy atom. The summed E-state index contributed by atoms with van der Waals surface area (Å²) in [5, 5.41) is 15.1. The number of hydrogen-bond acceptors (Lipinski definition) is 6. The fourth-order valence-corrected chi connectivity index (χ4v) is 4.92. The average molecular weight is 587 g/mol. The molecule has 0 bridgehead atoms. The fourth-order valence-electron chi connectivity index (χ4n) is 4.92. The summed E-state index contributed by atoms with van der Waals surface area (Å²) in [7, 11) is 1.72. The summed E-state index contributed by atoms with van der Waals surface area (Å²) in [5.74, 6) is -1.61. The van der Waals surface area contributed by atoms with Gasteiger partial charge in [0.1, 0.15) is 11.6 Å². The average Bonchev–Trinajstić information content (AvgIpc) is 3.04. The Kier molecular flexibility index (Phi) is 9.70. The zero-order valence-corrected chi connectivity index (χ0v) is 24.9. The minimum absolute atomic E-state index is 0.246. The van der Waals surface area contributed by atoms with Gasteiger partial charge in [-0.05, 0) is 74.2 Å². The molecule has 0 fully saturated rings. The quantitative estimate of drug-likeness (QED) is 0.328. The molecule has 1 heterocycles. The van der Waals surface area contributed by atoms with Crippen LogP contribution in [0.2, 0.25) is 0 Å². The summed E-state index contributed by atoms with van der Waals surface area (Å²) in [6, 6.07) is 21.2. The Balaban J connectivity index is 1.47. The van der Waals surface area contributed by atoms with Crippen LogP contribution in [-0.2, 0) is 33.8 Å². The number of aliphatic carboxylic acids is 1. The summed E-state index contributed by atoms with van der Waals surface area (Å²) in [6.45, 7) is 6.35. The summed E-state index contributed by atoms with van der Waals surface area (Å²) < 4.78 is 5.25. The van der Waals surface area contributed by atoms with E-state index in [1.807, 2.05) is 36.4 Å². The van der Waals surface area contributed by atoms with Crippen molar-refractivity contribution < 1.29 is 29.0 Å². The van der Waals surface area contributed by atoms with E-state index in [0.717, 1.165) is 22.4 Å². The van der Waals surface area contributed by atoms with Gasteiger partial charge >= 0.3 is 12.1 Å². The Labute approximate surface area is 251 Å². The van der Waals surface area contributed by atoms with Gasteiger partial charge in [0.25, 0.3) is 5.91 Å². The van der Waals surface area contributed by atoms with Crippen molar-refractivity contribution in [2.75, 3.05) is 23.8 Å². The number of fused-ring (bicyclic) bond motifs is 1. The number of anilines is 2. The first kappa shape index (κ1) is 31.1. The van der Waals surface area contributed by atoms with Gasteiger partial charge in [0.05, 0.1) is 6.42 Å². The number of carbonyl (C=O) groups excluding carboxylic acids is 3. The first-order valence-electron chi connectivity index (χ1n) is 14.2. The molecule has 0 spiro atoms. The molecule has 0 radical (unpaired) electrons. The lowest BCUT2D eigenvalue weighted by Gasteiger charge is -2.29. The number of carbonyl (C=O) groups is 4. The molecule has 0 aromatic heterocycles. The van der Waals surface area contributed by atoms with Crippen molar-refractivity contribution in [1.82, 2.24) is 10.2 Å². The largest absolute Gasteiger partial charge is 0.481 e. The molecule has 43 heavy (non-hydrogen) atoms. The number of amides is 3. The van der Waals surface area contributed by atoms with Crippen molar-refractivity contribution in [3.05, 3.63) is 95.1 Å². The highest BCUT2D eigenvalue weighted by Gasteiger charge is 2.34. The van der Waals surface area contributed by atoms with Crippen LogP contribution in [-0.4, -0.2) is 59.1 Å². The number of ether oxygens (including phenoxy) is 1. The first-order chi connectivity index (χ1) is 20.4. The van der Waals surface area contributed by atoms with E-state index in [2.05, 4.69) is 10.6 Å². The summed E-state index contributed by atoms with van der Waals surface area (Å²) in [4.78, 5) is 53.5. The molecule has 4 rings (SSSR count). The lowest BCUT2D eigenvalue weighted by atomic mass is 10.1. The van der Waals surface area contributed by atoms with Crippen LogP contribution in [0, 0.1) is 0 Å². The lowest BCUT2D eigenvalue weighted by molar-refractivity contribution is -0.142. The van der Waals surface area contributed by atoms with Gasteiger partial charge < -0.3 is 30.3 Å². The number of alkyl carbamates (subject to hydrolysis) is 1. The number of benzene rings is 3. The molecule has 10 nitrogen and oxygen atoms in total. The Bertz CT molecular complexity index is 1470. The SMILES string of the molecule is CN1c2ccc(NC(=O)c3ccc(CNC(=O)OC(C)(C)C)cc3)cc2CN(CCc2ccccc2)C(=O)[C@H]1CC(=O)O. The van der Waals surface area contributed by atoms with Gasteiger partial charge in [0.15, 0.2) is 0 Å². The van der Waals surface area contributed by atoms with Crippen molar-refractivity contribution in [1.29, 1.82) is 0 Å². The smallest absolute Gasteiger partial charge is 0.407 e. The molecule has 0 unspecified atom stereocenters. The predicted molar refractivity (Wildman–Crippen MR) is 164 cm³/mol. The second-order valence-electron chi connectivity index (χ2n) is 11.6. The normalized spacial score (nSPS) is 14.9. The van der Waals surface area contributed by atoms with Crippen LogP contribution in [0.5, 0.6) is 0 Å². The van der Waals surface area contributed by atoms with Gasteiger partial charge in [-0.2, -0.15) is 0 Å². The van der Waals surface area contributed by atoms with Crippen LogP contribution in [0.1, 0.15) is 54.2 Å². The zero-order valence-electron chi connectivity index (χ0n) is 24.9. The minimum Gasteiger partial charge on any atom is -0.481 e. The molecule has 1 aliphatic heterocycles. The summed E-state index contributed by atoms with van der Waals surface area (Å²) >= 11 is 0. The highest BCUT2D eigenvalue weighted by atomic mass is 16.6. The van der Waals surface area contributed by atoms with Crippen LogP contribution in [0.3, 0.4) is 0 Å². The third-order valence-corrected chi connectivity index (χ3v) is 7.08. The topological polar surface area (TPSA) is 128 Å². The van der Waals surface area contributed by atoms with Gasteiger partial charge in [-0.15, -0.1) is 0 Å². The molecule has 3 N–H and O–H groups in total. The van der Waals surface area contributed by atoms with Crippen LogP contribution >= 0.6 is 0 Å². The first-order valence-corrected chi connectivity index (χ1v) is 14.2. The van der Waals surface area contributed by atoms with E-state index in [1.165, 1.54) is 0 Å². The standard InChI is InChI=1S/C33H38N4O6/c1-33(2,3)43-32(42)34-20-23-10-12-24(13-11-23)30(40)35-26-14-15-27-25(18-26)21-37(17-16-22-8-6-5-7-9-22)31(41)28(36(27)4)19-29(38)39/h5-15,18,28H,16-17,19-21H2,1-4H3,(H,34,42)(H,35,40)(H,38,39)/t28-/m1/s1. The molecule has 0 aliphatic carbocycles. The van der Waals surface area contributed by atoms with E-state index in [9.17, 15) is 24.3 Å². The van der Waals surface area contributed by atoms with Crippen molar-refractivity contribution in [2.24, 2.45) is 0 Å². The molecule has 0 saturated carbocycles. The maximum absolute atomic E-state index is 13.5. The van der Waals surface area contributed by atoms with Crippen LogP contribution in [0.4, 0.5) is 16.2 Å². The third kappa shape index (κ3) is 8.57. The van der Waals surface area contributed by atoms with E-state index in [4.69, 9.17) is 4.74 Å². The Hall–Kier alpha value is -4.86. The fraction of sp³-hybridized carbons (Fsp3) is 0.333. The number of nitrogens with zero attached hydrogens (tertiary/aromatic N) is 2. The summed E-state index contributed by atoms with van der Waals surface area (Å²) in [5.41, 5.74) is 3.84. The third-order valence-electron chi connectivity index (χ3n) is 7.08. The van der Waals surface area contributed by atoms with Gasteiger partial charge in [-0.3, -0.25) is 14.4 Å². The number of likely N-dealkylation sites (N-methyl/N-ethyl adjacent to an activating group) is 1. The molecular formula is C33H38N4O6. The number of rotatable bonds is 9. The van der Waals surface area contributed by atoms with Crippen LogP contribution in [0.15, 0.2) is 72.8 Å². The van der Waals surface area contributed by atoms with E-state index in [-0.39, 0.29) is 31.3 Å². The zero-order chi connectivity index (χ0) is 31.1. The van der Waals surface area contributed by atoms with E-state index < -0.39 is 23.7 Å². The van der Waals surface area contributed by atoms with Crippen molar-refractivity contribution >= 4 is 35.3 Å². The molecule has 3 amide bonds. The van der Waals surface area contributed by atoms with Gasteiger partial charge in [-0.25, -0.2) is 4.79 Å². The number of carboxylic acids is 1. The van der Waals surface area contributed by atoms with Crippen molar-refractivity contribution in [3.8, 4) is 0 Å². The lowest BCUT2D eigenvalue weighted by Crippen LogP contribution is -2.46. The second-order valence-corrected chi connectivity index (χ2v) is 11.6. The number of carboxylic acid groups (broad SMARTS) is 1. The maximum atomic E-state index is 13.5. The molecule has 1 aliphatic rings. The Morgan fingerprint density at radius 3 is 2.33 bits per heavy atom. The number of nitrogens with one attached hydrogen (secondary N) is 2. The molecular weight excluding hydrogens is 548 g/mol. The molecule has 0 saturated heterocycles.